The Bertz CT molecular complexity index is 1240. The van der Waals surface area contributed by atoms with E-state index in [1.165, 1.54) is 10.6 Å². The zero-order valence-electron chi connectivity index (χ0n) is 15.4. The molecule has 3 aliphatic heterocycles. The summed E-state index contributed by atoms with van der Waals surface area (Å²) in [6, 6.07) is 8.40. The van der Waals surface area contributed by atoms with Gasteiger partial charge in [-0.2, -0.15) is 0 Å². The van der Waals surface area contributed by atoms with Gasteiger partial charge in [-0.3, -0.25) is 14.4 Å². The predicted molar refractivity (Wildman–Crippen MR) is 101 cm³/mol. The molecule has 1 aromatic carbocycles. The lowest BCUT2D eigenvalue weighted by molar-refractivity contribution is -0.172. The summed E-state index contributed by atoms with van der Waals surface area (Å²) >= 11 is 0. The Labute approximate surface area is 164 Å². The van der Waals surface area contributed by atoms with E-state index in [9.17, 15) is 24.3 Å². The maximum atomic E-state index is 13.2. The quantitative estimate of drug-likeness (QED) is 0.555. The van der Waals surface area contributed by atoms with Crippen molar-refractivity contribution in [2.45, 2.75) is 32.1 Å². The number of cyclic esters (lactones) is 1. The fraction of sp³-hybridized carbons (Fsp3) is 0.238. The molecule has 2 N–H and O–H groups in total. The van der Waals surface area contributed by atoms with Gasteiger partial charge in [-0.15, -0.1) is 0 Å². The minimum absolute atomic E-state index is 0.000352. The first-order chi connectivity index (χ1) is 13.9. The molecule has 1 unspecified atom stereocenters. The van der Waals surface area contributed by atoms with Crippen LogP contribution in [0, 0.1) is 0 Å². The second-order valence-electron chi connectivity index (χ2n) is 7.29. The number of allylic oxidation sites excluding steroid dienone is 1. The van der Waals surface area contributed by atoms with Crippen LogP contribution in [0.1, 0.15) is 40.5 Å². The Balaban J connectivity index is 1.73. The molecule has 0 saturated heterocycles. The van der Waals surface area contributed by atoms with Crippen molar-refractivity contribution in [1.82, 2.24) is 4.57 Å². The molecule has 8 heteroatoms. The van der Waals surface area contributed by atoms with Gasteiger partial charge < -0.3 is 19.7 Å². The number of ether oxygens (including phenoxy) is 1. The van der Waals surface area contributed by atoms with E-state index in [1.807, 2.05) is 0 Å². The molecule has 2 aromatic rings. The fourth-order valence-electron chi connectivity index (χ4n) is 4.24. The van der Waals surface area contributed by atoms with Gasteiger partial charge in [-0.05, 0) is 18.6 Å². The number of hydrogen-bond acceptors (Lipinski definition) is 6. The first-order valence-electron chi connectivity index (χ1n) is 9.22. The molecular formula is C21H16N2O6. The van der Waals surface area contributed by atoms with Gasteiger partial charge in [0.2, 0.25) is 5.78 Å². The van der Waals surface area contributed by atoms with Crippen LogP contribution in [0.25, 0.3) is 5.57 Å². The molecule has 4 heterocycles. The highest BCUT2D eigenvalue weighted by Crippen LogP contribution is 2.39. The predicted octanol–water partition coefficient (Wildman–Crippen LogP) is 1.10. The molecule has 0 bridgehead atoms. The number of anilines is 1. The van der Waals surface area contributed by atoms with E-state index in [2.05, 4.69) is 5.32 Å². The lowest BCUT2D eigenvalue weighted by atomic mass is 9.86. The number of amides is 1. The van der Waals surface area contributed by atoms with Gasteiger partial charge in [0.1, 0.15) is 6.61 Å². The monoisotopic (exact) mass is 392 g/mol. The summed E-state index contributed by atoms with van der Waals surface area (Å²) in [7, 11) is 0. The highest BCUT2D eigenvalue weighted by Gasteiger charge is 2.46. The smallest absolute Gasteiger partial charge is 0.343 e. The number of hydrogen-bond donors (Lipinski definition) is 2. The molecule has 0 radical (unpaired) electrons. The molecule has 1 atom stereocenters. The van der Waals surface area contributed by atoms with Gasteiger partial charge in [-0.25, -0.2) is 4.79 Å². The summed E-state index contributed by atoms with van der Waals surface area (Å²) < 4.78 is 6.28. The number of carbonyl (C=O) groups is 3. The largest absolute Gasteiger partial charge is 0.458 e. The van der Waals surface area contributed by atoms with Crippen molar-refractivity contribution >= 4 is 28.9 Å². The van der Waals surface area contributed by atoms with Crippen LogP contribution in [0.15, 0.2) is 40.7 Å². The fourth-order valence-corrected chi connectivity index (χ4v) is 4.24. The van der Waals surface area contributed by atoms with Crippen LogP contribution in [-0.4, -0.2) is 27.3 Å². The second kappa shape index (κ2) is 5.74. The third-order valence-electron chi connectivity index (χ3n) is 5.84. The molecule has 29 heavy (non-hydrogen) atoms. The number of nitrogens with one attached hydrogen (secondary N) is 1. The highest BCUT2D eigenvalue weighted by molar-refractivity contribution is 6.37. The standard InChI is InChI=1S/C21H16N2O6/c1-2-21(28)13-7-15-17(24)11(8-23(15)19(26)12(13)9-29-20(21)27)16-10-5-3-4-6-14(10)22-18(16)25/h3-7,28H,2,8-9H2,1H3,(H,22,25)/b16-11+. The molecule has 0 fully saturated rings. The van der Waals surface area contributed by atoms with Gasteiger partial charge in [0.25, 0.3) is 11.5 Å². The second-order valence-corrected chi connectivity index (χ2v) is 7.29. The van der Waals surface area contributed by atoms with Gasteiger partial charge in [0, 0.05) is 22.4 Å². The van der Waals surface area contributed by atoms with E-state index < -0.39 is 28.8 Å². The first-order valence-corrected chi connectivity index (χ1v) is 9.22. The average Bonchev–Trinajstić information content (AvgIpc) is 3.21. The molecule has 0 aliphatic carbocycles. The summed E-state index contributed by atoms with van der Waals surface area (Å²) in [5.74, 6) is -1.71. The number of ketones is 1. The normalized spacial score (nSPS) is 24.7. The summed E-state index contributed by atoms with van der Waals surface area (Å²) in [5.41, 5.74) is -0.525. The van der Waals surface area contributed by atoms with Crippen LogP contribution >= 0.6 is 0 Å². The number of esters is 1. The van der Waals surface area contributed by atoms with Crippen molar-refractivity contribution in [2.75, 3.05) is 5.32 Å². The molecule has 0 saturated carbocycles. The van der Waals surface area contributed by atoms with Crippen molar-refractivity contribution < 1.29 is 24.2 Å². The number of aromatic nitrogens is 1. The highest BCUT2D eigenvalue weighted by atomic mass is 16.6. The number of carbonyl (C=O) groups excluding carboxylic acids is 3. The van der Waals surface area contributed by atoms with E-state index in [1.54, 1.807) is 31.2 Å². The van der Waals surface area contributed by atoms with Gasteiger partial charge in [-0.1, -0.05) is 25.1 Å². The lowest BCUT2D eigenvalue weighted by Crippen LogP contribution is -2.44. The number of nitrogens with zero attached hydrogens (tertiary/aromatic N) is 1. The van der Waals surface area contributed by atoms with Crippen LogP contribution in [0.4, 0.5) is 5.69 Å². The molecule has 8 nitrogen and oxygen atoms in total. The minimum Gasteiger partial charge on any atom is -0.458 e. The van der Waals surface area contributed by atoms with Crippen molar-refractivity contribution in [3.05, 3.63) is 68.6 Å². The van der Waals surface area contributed by atoms with Crippen LogP contribution in [-0.2, 0) is 33.1 Å². The van der Waals surface area contributed by atoms with Crippen LogP contribution in [0.3, 0.4) is 0 Å². The Morgan fingerprint density at radius 2 is 1.97 bits per heavy atom. The number of pyridine rings is 1. The molecule has 1 amide bonds. The molecular weight excluding hydrogens is 376 g/mol. The molecule has 1 aromatic heterocycles. The zero-order chi connectivity index (χ0) is 20.5. The third-order valence-corrected chi connectivity index (χ3v) is 5.84. The third kappa shape index (κ3) is 2.17. The van der Waals surface area contributed by atoms with Gasteiger partial charge >= 0.3 is 5.97 Å². The van der Waals surface area contributed by atoms with E-state index >= 15 is 0 Å². The number of rotatable bonds is 1. The van der Waals surface area contributed by atoms with Crippen molar-refractivity contribution in [3.63, 3.8) is 0 Å². The van der Waals surface area contributed by atoms with Crippen molar-refractivity contribution in [1.29, 1.82) is 0 Å². The number of para-hydroxylation sites is 1. The average molecular weight is 392 g/mol. The van der Waals surface area contributed by atoms with Gasteiger partial charge in [0.05, 0.1) is 23.4 Å². The summed E-state index contributed by atoms with van der Waals surface area (Å²) in [6.45, 7) is 1.27. The Morgan fingerprint density at radius 1 is 1.21 bits per heavy atom. The maximum Gasteiger partial charge on any atom is 0.343 e. The van der Waals surface area contributed by atoms with Crippen LogP contribution < -0.4 is 10.9 Å². The Hall–Kier alpha value is -3.52. The van der Waals surface area contributed by atoms with Crippen molar-refractivity contribution in [2.24, 2.45) is 0 Å². The number of Topliss-reactive ketones (excluding diaryl/α,β-unsaturated/α-hetero) is 1. The molecule has 0 spiro atoms. The van der Waals surface area contributed by atoms with Crippen LogP contribution in [0.5, 0.6) is 0 Å². The van der Waals surface area contributed by atoms with Crippen molar-refractivity contribution in [3.8, 4) is 0 Å². The summed E-state index contributed by atoms with van der Waals surface area (Å²) in [5, 5.41) is 13.5. The van der Waals surface area contributed by atoms with E-state index in [0.717, 1.165) is 0 Å². The zero-order valence-corrected chi connectivity index (χ0v) is 15.4. The Morgan fingerprint density at radius 3 is 2.72 bits per heavy atom. The first kappa shape index (κ1) is 17.6. The number of fused-ring (bicyclic) bond motifs is 3. The maximum absolute atomic E-state index is 13.2. The Kier molecular flexibility index (Phi) is 3.48. The number of aliphatic hydroxyl groups is 1. The molecule has 146 valence electrons. The van der Waals surface area contributed by atoms with Crippen LogP contribution in [0.2, 0.25) is 0 Å². The SMILES string of the molecule is CCC1(O)C(=O)OCc2c1cc1n(c2=O)C/C(=C2\C(=O)Nc3ccccc32)C1=O. The topological polar surface area (TPSA) is 115 Å². The number of benzene rings is 1. The molecule has 5 rings (SSSR count). The van der Waals surface area contributed by atoms with E-state index in [4.69, 9.17) is 4.74 Å². The lowest BCUT2D eigenvalue weighted by Gasteiger charge is -2.31. The molecule has 3 aliphatic rings. The van der Waals surface area contributed by atoms with E-state index in [-0.39, 0.29) is 47.5 Å². The summed E-state index contributed by atoms with van der Waals surface area (Å²) in [6.07, 6.45) is -0.000352. The van der Waals surface area contributed by atoms with Gasteiger partial charge in [0.15, 0.2) is 5.60 Å². The minimum atomic E-state index is -1.98. The van der Waals surface area contributed by atoms with E-state index in [0.29, 0.717) is 11.3 Å². The summed E-state index contributed by atoms with van der Waals surface area (Å²) in [4.78, 5) is 50.9.